The average molecular weight is 270 g/mol. The van der Waals surface area contributed by atoms with Gasteiger partial charge in [0.1, 0.15) is 5.82 Å². The molecule has 0 bridgehead atoms. The van der Waals surface area contributed by atoms with Gasteiger partial charge in [-0.1, -0.05) is 24.3 Å². The van der Waals surface area contributed by atoms with Crippen LogP contribution in [0.2, 0.25) is 0 Å². The Kier molecular flexibility index (Phi) is 2.91. The van der Waals surface area contributed by atoms with Gasteiger partial charge in [0.25, 0.3) is 0 Å². The number of benzene rings is 2. The second-order valence-electron chi connectivity index (χ2n) is 4.36. The molecule has 3 aromatic rings. The van der Waals surface area contributed by atoms with Crippen molar-refractivity contribution in [1.82, 2.24) is 0 Å². The Balaban J connectivity index is 2.24. The van der Waals surface area contributed by atoms with Crippen LogP contribution < -0.4 is 0 Å². The van der Waals surface area contributed by atoms with Gasteiger partial charge in [-0.2, -0.15) is 0 Å². The number of hydrogen-bond acceptors (Lipinski definition) is 2. The molecule has 0 amide bonds. The Labute approximate surface area is 114 Å². The molecule has 0 radical (unpaired) electrons. The van der Waals surface area contributed by atoms with E-state index in [-0.39, 0.29) is 11.6 Å². The van der Waals surface area contributed by atoms with E-state index < -0.39 is 0 Å². The van der Waals surface area contributed by atoms with Gasteiger partial charge < -0.3 is 0 Å². The van der Waals surface area contributed by atoms with Crippen LogP contribution in [0.15, 0.2) is 47.8 Å². The fourth-order valence-corrected chi connectivity index (χ4v) is 2.92. The van der Waals surface area contributed by atoms with Crippen LogP contribution in [0, 0.1) is 12.7 Å². The number of carbonyl (C=O) groups is 1. The minimum atomic E-state index is -0.297. The van der Waals surface area contributed by atoms with Crippen molar-refractivity contribution in [2.45, 2.75) is 6.92 Å². The number of carbonyl (C=O) groups excluding carboxylic acids is 1. The van der Waals surface area contributed by atoms with Crippen LogP contribution in [-0.2, 0) is 0 Å². The summed E-state index contributed by atoms with van der Waals surface area (Å²) in [6.45, 7) is 1.92. The SMILES string of the molecule is Cc1sccc1C(=O)c1ccc(F)c2ccccc12. The third kappa shape index (κ3) is 1.96. The number of halogens is 1. The lowest BCUT2D eigenvalue weighted by atomic mass is 9.97. The molecule has 94 valence electrons. The van der Waals surface area contributed by atoms with Gasteiger partial charge in [-0.25, -0.2) is 4.39 Å². The minimum Gasteiger partial charge on any atom is -0.289 e. The number of thiophene rings is 1. The van der Waals surface area contributed by atoms with Gasteiger partial charge in [0, 0.05) is 21.4 Å². The first-order chi connectivity index (χ1) is 9.18. The lowest BCUT2D eigenvalue weighted by Crippen LogP contribution is -2.02. The van der Waals surface area contributed by atoms with Crippen LogP contribution in [0.5, 0.6) is 0 Å². The van der Waals surface area contributed by atoms with Crippen molar-refractivity contribution in [2.24, 2.45) is 0 Å². The molecule has 0 N–H and O–H groups in total. The maximum atomic E-state index is 13.7. The van der Waals surface area contributed by atoms with Crippen molar-refractivity contribution >= 4 is 27.9 Å². The van der Waals surface area contributed by atoms with Crippen LogP contribution in [0.3, 0.4) is 0 Å². The van der Waals surface area contributed by atoms with E-state index >= 15 is 0 Å². The number of aryl methyl sites for hydroxylation is 1. The summed E-state index contributed by atoms with van der Waals surface area (Å²) in [5.41, 5.74) is 1.25. The summed E-state index contributed by atoms with van der Waals surface area (Å²) in [7, 11) is 0. The fourth-order valence-electron chi connectivity index (χ4n) is 2.23. The lowest BCUT2D eigenvalue weighted by molar-refractivity contribution is 0.104. The lowest BCUT2D eigenvalue weighted by Gasteiger charge is -2.06. The third-order valence-electron chi connectivity index (χ3n) is 3.22. The first-order valence-corrected chi connectivity index (χ1v) is 6.82. The number of fused-ring (bicyclic) bond motifs is 1. The molecule has 0 spiro atoms. The maximum Gasteiger partial charge on any atom is 0.194 e. The first-order valence-electron chi connectivity index (χ1n) is 5.94. The summed E-state index contributed by atoms with van der Waals surface area (Å²) < 4.78 is 13.7. The van der Waals surface area contributed by atoms with Crippen LogP contribution in [0.25, 0.3) is 10.8 Å². The smallest absolute Gasteiger partial charge is 0.194 e. The zero-order valence-electron chi connectivity index (χ0n) is 10.3. The summed E-state index contributed by atoms with van der Waals surface area (Å²) in [6, 6.07) is 11.8. The van der Waals surface area contributed by atoms with E-state index in [0.29, 0.717) is 21.9 Å². The highest BCUT2D eigenvalue weighted by molar-refractivity contribution is 7.10. The van der Waals surface area contributed by atoms with Crippen molar-refractivity contribution in [2.75, 3.05) is 0 Å². The zero-order valence-corrected chi connectivity index (χ0v) is 11.1. The molecule has 0 fully saturated rings. The second-order valence-corrected chi connectivity index (χ2v) is 5.48. The molecule has 1 nitrogen and oxygen atoms in total. The Morgan fingerprint density at radius 1 is 1.00 bits per heavy atom. The molecule has 3 heteroatoms. The van der Waals surface area contributed by atoms with E-state index in [4.69, 9.17) is 0 Å². The molecule has 0 aliphatic rings. The molecule has 1 aromatic heterocycles. The van der Waals surface area contributed by atoms with E-state index in [0.717, 1.165) is 4.88 Å². The van der Waals surface area contributed by atoms with E-state index in [1.165, 1.54) is 6.07 Å². The van der Waals surface area contributed by atoms with Crippen LogP contribution in [0.4, 0.5) is 4.39 Å². The predicted molar refractivity (Wildman–Crippen MR) is 76.4 cm³/mol. The van der Waals surface area contributed by atoms with Crippen LogP contribution in [-0.4, -0.2) is 5.78 Å². The van der Waals surface area contributed by atoms with Gasteiger partial charge in [0.2, 0.25) is 0 Å². The van der Waals surface area contributed by atoms with Crippen molar-refractivity contribution in [3.8, 4) is 0 Å². The number of ketones is 1. The minimum absolute atomic E-state index is 0.0463. The van der Waals surface area contributed by atoms with Gasteiger partial charge in [-0.3, -0.25) is 4.79 Å². The van der Waals surface area contributed by atoms with Crippen molar-refractivity contribution < 1.29 is 9.18 Å². The fraction of sp³-hybridized carbons (Fsp3) is 0.0625. The Hall–Kier alpha value is -2.00. The Morgan fingerprint density at radius 3 is 2.42 bits per heavy atom. The highest BCUT2D eigenvalue weighted by Gasteiger charge is 2.16. The van der Waals surface area contributed by atoms with E-state index in [1.807, 2.05) is 24.4 Å². The topological polar surface area (TPSA) is 17.1 Å². The van der Waals surface area contributed by atoms with E-state index in [9.17, 15) is 9.18 Å². The molecule has 3 rings (SSSR count). The van der Waals surface area contributed by atoms with Crippen LogP contribution >= 0.6 is 11.3 Å². The molecular formula is C16H11FOS. The van der Waals surface area contributed by atoms with E-state index in [2.05, 4.69) is 0 Å². The molecule has 0 atom stereocenters. The molecule has 0 aliphatic carbocycles. The molecule has 2 aromatic carbocycles. The largest absolute Gasteiger partial charge is 0.289 e. The second kappa shape index (κ2) is 4.59. The normalized spacial score (nSPS) is 10.8. The quantitative estimate of drug-likeness (QED) is 0.623. The molecular weight excluding hydrogens is 259 g/mol. The Bertz CT molecular complexity index is 773. The van der Waals surface area contributed by atoms with Crippen molar-refractivity contribution in [1.29, 1.82) is 0 Å². The monoisotopic (exact) mass is 270 g/mol. The maximum absolute atomic E-state index is 13.7. The summed E-state index contributed by atoms with van der Waals surface area (Å²) in [5.74, 6) is -0.343. The van der Waals surface area contributed by atoms with E-state index in [1.54, 1.807) is 35.6 Å². The number of rotatable bonds is 2. The zero-order chi connectivity index (χ0) is 13.4. The molecule has 0 aliphatic heterocycles. The van der Waals surface area contributed by atoms with Gasteiger partial charge in [0.05, 0.1) is 0 Å². The van der Waals surface area contributed by atoms with Gasteiger partial charge in [0.15, 0.2) is 5.78 Å². The molecule has 0 saturated heterocycles. The summed E-state index contributed by atoms with van der Waals surface area (Å²) in [6.07, 6.45) is 0. The molecule has 19 heavy (non-hydrogen) atoms. The average Bonchev–Trinajstić information content (AvgIpc) is 2.85. The molecule has 1 heterocycles. The standard InChI is InChI=1S/C16H11FOS/c1-10-11(8-9-19-10)16(18)14-6-7-15(17)13-5-3-2-4-12(13)14/h2-9H,1H3. The summed E-state index contributed by atoms with van der Waals surface area (Å²) >= 11 is 1.54. The first kappa shape index (κ1) is 12.1. The summed E-state index contributed by atoms with van der Waals surface area (Å²) in [4.78, 5) is 13.5. The predicted octanol–water partition coefficient (Wildman–Crippen LogP) is 4.58. The van der Waals surface area contributed by atoms with Gasteiger partial charge in [-0.05, 0) is 35.9 Å². The van der Waals surface area contributed by atoms with Gasteiger partial charge in [-0.15, -0.1) is 11.3 Å². The number of hydrogen-bond donors (Lipinski definition) is 0. The van der Waals surface area contributed by atoms with Crippen molar-refractivity contribution in [3.05, 3.63) is 69.7 Å². The highest BCUT2D eigenvalue weighted by Crippen LogP contribution is 2.26. The van der Waals surface area contributed by atoms with Crippen molar-refractivity contribution in [3.63, 3.8) is 0 Å². The Morgan fingerprint density at radius 2 is 1.74 bits per heavy atom. The third-order valence-corrected chi connectivity index (χ3v) is 4.06. The highest BCUT2D eigenvalue weighted by atomic mass is 32.1. The summed E-state index contributed by atoms with van der Waals surface area (Å²) in [5, 5.41) is 3.05. The van der Waals surface area contributed by atoms with Gasteiger partial charge >= 0.3 is 0 Å². The molecule has 0 unspecified atom stereocenters. The molecule has 0 saturated carbocycles. The van der Waals surface area contributed by atoms with Crippen LogP contribution in [0.1, 0.15) is 20.8 Å².